The van der Waals surface area contributed by atoms with Crippen molar-refractivity contribution >= 4 is 5.97 Å². The minimum atomic E-state index is -1.55. The lowest BCUT2D eigenvalue weighted by atomic mass is 9.33. The maximum Gasteiger partial charge on any atom is 0.315 e. The summed E-state index contributed by atoms with van der Waals surface area (Å²) < 4.78 is 23.8. The third-order valence-electron chi connectivity index (χ3n) is 16.9. The number of fused-ring (bicyclic) bond motifs is 7. The van der Waals surface area contributed by atoms with Gasteiger partial charge in [-0.05, 0) is 111 Å². The monoisotopic (exact) mass is 750 g/mol. The number of rotatable bonds is 5. The largest absolute Gasteiger partial charge is 0.432 e. The summed E-state index contributed by atoms with van der Waals surface area (Å²) in [4.78, 5) is 14.5. The van der Waals surface area contributed by atoms with Crippen LogP contribution in [-0.2, 0) is 23.7 Å². The molecule has 0 aromatic carbocycles. The predicted octanol–water partition coefficient (Wildman–Crippen LogP) is 2.96. The number of esters is 1. The van der Waals surface area contributed by atoms with E-state index < -0.39 is 78.2 Å². The van der Waals surface area contributed by atoms with E-state index in [0.717, 1.165) is 44.9 Å². The van der Waals surface area contributed by atoms with Gasteiger partial charge in [0.15, 0.2) is 6.29 Å². The van der Waals surface area contributed by atoms with E-state index in [2.05, 4.69) is 47.6 Å². The van der Waals surface area contributed by atoms with E-state index in [9.17, 15) is 40.5 Å². The normalized spacial score (nSPS) is 55.1. The van der Waals surface area contributed by atoms with Crippen LogP contribution in [0.4, 0.5) is 0 Å². The third-order valence-corrected chi connectivity index (χ3v) is 16.9. The lowest BCUT2D eigenvalue weighted by molar-refractivity contribution is -0.312. The summed E-state index contributed by atoms with van der Waals surface area (Å²) in [6.45, 7) is 15.3. The molecular formula is C41H66O12. The highest BCUT2D eigenvalue weighted by molar-refractivity contribution is 5.79. The van der Waals surface area contributed by atoms with Crippen molar-refractivity contribution in [3.63, 3.8) is 0 Å². The molecule has 0 aromatic rings. The van der Waals surface area contributed by atoms with Crippen molar-refractivity contribution in [3.8, 4) is 0 Å². The Kier molecular flexibility index (Phi) is 10.2. The van der Waals surface area contributed by atoms with E-state index in [0.29, 0.717) is 25.2 Å². The minimum absolute atomic E-state index is 0.00960. The predicted molar refractivity (Wildman–Crippen MR) is 192 cm³/mol. The quantitative estimate of drug-likeness (QED) is 0.124. The maximum atomic E-state index is 14.5. The Hall–Kier alpha value is -1.19. The highest BCUT2D eigenvalue weighted by Crippen LogP contribution is 2.76. The summed E-state index contributed by atoms with van der Waals surface area (Å²) in [7, 11) is 0. The molecule has 53 heavy (non-hydrogen) atoms. The molecule has 7 rings (SSSR count). The molecule has 7 N–H and O–H groups in total. The molecule has 0 bridgehead atoms. The van der Waals surface area contributed by atoms with Crippen LogP contribution < -0.4 is 0 Å². The average molecular weight is 751 g/mol. The molecule has 0 amide bonds. The third kappa shape index (κ3) is 5.85. The molecular weight excluding hydrogens is 684 g/mol. The molecule has 7 aliphatic rings. The molecule has 18 atom stereocenters. The van der Waals surface area contributed by atoms with Crippen molar-refractivity contribution in [2.24, 2.45) is 50.2 Å². The van der Waals surface area contributed by atoms with E-state index in [-0.39, 0.29) is 46.7 Å². The number of aliphatic hydroxyl groups is 7. The fourth-order valence-electron chi connectivity index (χ4n) is 13.2. The molecule has 12 heteroatoms. The number of hydrogen-bond donors (Lipinski definition) is 7. The van der Waals surface area contributed by atoms with Crippen molar-refractivity contribution in [2.45, 2.75) is 174 Å². The molecule has 302 valence electrons. The van der Waals surface area contributed by atoms with Gasteiger partial charge >= 0.3 is 5.97 Å². The van der Waals surface area contributed by atoms with E-state index >= 15 is 0 Å². The summed E-state index contributed by atoms with van der Waals surface area (Å²) in [6.07, 6.45) is -1.52. The van der Waals surface area contributed by atoms with Crippen LogP contribution in [0.3, 0.4) is 0 Å². The lowest BCUT2D eigenvalue weighted by Crippen LogP contribution is -2.67. The van der Waals surface area contributed by atoms with Crippen LogP contribution >= 0.6 is 0 Å². The lowest BCUT2D eigenvalue weighted by Gasteiger charge is -2.71. The Morgan fingerprint density at radius 3 is 2.19 bits per heavy atom. The van der Waals surface area contributed by atoms with Crippen molar-refractivity contribution in [1.29, 1.82) is 0 Å². The molecule has 4 saturated carbocycles. The zero-order chi connectivity index (χ0) is 38.7. The Morgan fingerprint density at radius 1 is 0.811 bits per heavy atom. The molecule has 2 heterocycles. The smallest absolute Gasteiger partial charge is 0.315 e. The highest BCUT2D eigenvalue weighted by atomic mass is 16.7. The topological polar surface area (TPSA) is 196 Å². The average Bonchev–Trinajstić information content (AvgIpc) is 3.10. The van der Waals surface area contributed by atoms with E-state index in [4.69, 9.17) is 18.9 Å². The van der Waals surface area contributed by atoms with Crippen molar-refractivity contribution < 1.29 is 59.5 Å². The second-order valence-corrected chi connectivity index (χ2v) is 20.0. The number of carbonyl (C=O) groups is 1. The number of carbonyl (C=O) groups excluding carboxylic acids is 1. The molecule has 0 radical (unpaired) electrons. The molecule has 0 aromatic heterocycles. The number of hydrogen-bond acceptors (Lipinski definition) is 12. The van der Waals surface area contributed by atoms with Crippen LogP contribution in [0.1, 0.15) is 113 Å². The van der Waals surface area contributed by atoms with E-state index in [1.807, 2.05) is 0 Å². The van der Waals surface area contributed by atoms with Gasteiger partial charge in [-0.2, -0.15) is 0 Å². The van der Waals surface area contributed by atoms with E-state index in [1.54, 1.807) is 6.92 Å². The SMILES string of the molecule is C[C@@H]1O[C@H](OC(=O)[C@]23CCC(C)(C)C[C@H]2C2=CC[C@H]4[C@]5(C)CC[C@H](O[C@H]6OC[C@H](O)[C@@H](O)[C@@H]6O)[C@@](C)(CO)[C@H]5CC[C@]4(C)[C@@]2(C)CC3)[C@@H](O)[C@H](O)[C@H]1O. The molecule has 0 unspecified atom stereocenters. The summed E-state index contributed by atoms with van der Waals surface area (Å²) in [5, 5.41) is 73.6. The van der Waals surface area contributed by atoms with Gasteiger partial charge in [0.25, 0.3) is 0 Å². The molecule has 2 saturated heterocycles. The van der Waals surface area contributed by atoms with Crippen molar-refractivity contribution in [3.05, 3.63) is 11.6 Å². The number of allylic oxidation sites excluding steroid dienone is 2. The standard InChI is InChI=1S/C41H66O12/c1-21-28(44)30(46)32(48)34(51-21)53-35(49)41-16-14-36(2,3)18-23(41)22-8-9-26-37(4)12-11-27(52-33-31(47)29(45)24(43)19-50-33)38(5,20-42)25(37)10-13-40(26,7)39(22,6)15-17-41/h8,21,23-34,42-48H,9-20H2,1-7H3/t21-,23-,24-,25-,26-,27-,28-,29+,30+,31-,32-,33+,34+,37+,38-,39-,40-,41-/m0/s1. The Labute approximate surface area is 314 Å². The van der Waals surface area contributed by atoms with Crippen molar-refractivity contribution in [2.75, 3.05) is 13.2 Å². The summed E-state index contributed by atoms with van der Waals surface area (Å²) in [6, 6.07) is 0. The number of ether oxygens (including phenoxy) is 4. The van der Waals surface area contributed by atoms with E-state index in [1.165, 1.54) is 5.57 Å². The maximum absolute atomic E-state index is 14.5. The van der Waals surface area contributed by atoms with Gasteiger partial charge in [-0.25, -0.2) is 0 Å². The summed E-state index contributed by atoms with van der Waals surface area (Å²) >= 11 is 0. The zero-order valence-electron chi connectivity index (χ0n) is 32.7. The second-order valence-electron chi connectivity index (χ2n) is 20.0. The van der Waals surface area contributed by atoms with Gasteiger partial charge in [0.1, 0.15) is 36.6 Å². The first kappa shape index (κ1) is 40.0. The first-order valence-electron chi connectivity index (χ1n) is 20.2. The Bertz CT molecular complexity index is 1440. The molecule has 5 aliphatic carbocycles. The summed E-state index contributed by atoms with van der Waals surface area (Å²) in [5.41, 5.74) is -0.488. The molecule has 12 nitrogen and oxygen atoms in total. The van der Waals surface area contributed by atoms with Crippen LogP contribution in [0.25, 0.3) is 0 Å². The fraction of sp³-hybridized carbons (Fsp3) is 0.927. The van der Waals surface area contributed by atoms with Gasteiger partial charge in [-0.15, -0.1) is 0 Å². The van der Waals surface area contributed by atoms with Gasteiger partial charge in [-0.1, -0.05) is 53.2 Å². The molecule has 6 fully saturated rings. The van der Waals surface area contributed by atoms with Crippen LogP contribution in [0.5, 0.6) is 0 Å². The highest BCUT2D eigenvalue weighted by Gasteiger charge is 2.70. The van der Waals surface area contributed by atoms with Gasteiger partial charge < -0.3 is 54.7 Å². The molecule has 2 aliphatic heterocycles. The first-order chi connectivity index (χ1) is 24.7. The van der Waals surface area contributed by atoms with Crippen LogP contribution in [0, 0.1) is 50.2 Å². The minimum Gasteiger partial charge on any atom is -0.432 e. The van der Waals surface area contributed by atoms with Gasteiger partial charge in [0.05, 0.1) is 30.8 Å². The fourth-order valence-corrected chi connectivity index (χ4v) is 13.2. The molecule has 0 spiro atoms. The van der Waals surface area contributed by atoms with Crippen LogP contribution in [0.15, 0.2) is 11.6 Å². The summed E-state index contributed by atoms with van der Waals surface area (Å²) in [5.74, 6) is -0.0258. The Balaban J connectivity index is 1.18. The van der Waals surface area contributed by atoms with Gasteiger partial charge in [-0.3, -0.25) is 4.79 Å². The van der Waals surface area contributed by atoms with Crippen LogP contribution in [-0.4, -0.2) is 116 Å². The Morgan fingerprint density at radius 2 is 1.49 bits per heavy atom. The number of aliphatic hydroxyl groups excluding tert-OH is 7. The zero-order valence-corrected chi connectivity index (χ0v) is 32.7. The van der Waals surface area contributed by atoms with Crippen molar-refractivity contribution in [1.82, 2.24) is 0 Å². The van der Waals surface area contributed by atoms with Gasteiger partial charge in [0.2, 0.25) is 6.29 Å². The first-order valence-corrected chi connectivity index (χ1v) is 20.2. The van der Waals surface area contributed by atoms with Gasteiger partial charge in [0, 0.05) is 5.41 Å². The van der Waals surface area contributed by atoms with Crippen LogP contribution in [0.2, 0.25) is 0 Å². The second kappa shape index (κ2) is 13.5.